The van der Waals surface area contributed by atoms with Crippen LogP contribution in [0.4, 0.5) is 5.69 Å². The zero-order valence-corrected chi connectivity index (χ0v) is 16.3. The molecular formula is C18H17IN2O5. The number of furan rings is 1. The second kappa shape index (κ2) is 9.18. The van der Waals surface area contributed by atoms with Crippen LogP contribution in [0.5, 0.6) is 0 Å². The van der Waals surface area contributed by atoms with Gasteiger partial charge in [-0.05, 0) is 65.1 Å². The van der Waals surface area contributed by atoms with E-state index >= 15 is 0 Å². The molecule has 0 atom stereocenters. The average molecular weight is 468 g/mol. The Kier molecular flexibility index (Phi) is 6.96. The molecular weight excluding hydrogens is 451 g/mol. The molecule has 0 spiro atoms. The number of hydrogen-bond acceptors (Lipinski definition) is 5. The first-order valence-corrected chi connectivity index (χ1v) is 8.65. The molecule has 0 fully saturated rings. The Morgan fingerprint density at radius 2 is 1.85 bits per heavy atom. The van der Waals surface area contributed by atoms with Crippen LogP contribution in [0.3, 0.4) is 0 Å². The van der Waals surface area contributed by atoms with Gasteiger partial charge >= 0.3 is 5.97 Å². The summed E-state index contributed by atoms with van der Waals surface area (Å²) in [5.74, 6) is -0.748. The lowest BCUT2D eigenvalue weighted by Gasteiger charge is -2.11. The monoisotopic (exact) mass is 468 g/mol. The normalized spacial score (nSPS) is 10.6. The van der Waals surface area contributed by atoms with Gasteiger partial charge in [0.2, 0.25) is 0 Å². The third-order valence-corrected chi connectivity index (χ3v) is 3.72. The fraction of sp³-hybridized carbons (Fsp3) is 0.167. The molecule has 0 radical (unpaired) electrons. The minimum Gasteiger partial charge on any atom is -0.452 e. The van der Waals surface area contributed by atoms with Crippen molar-refractivity contribution in [3.05, 3.63) is 57.6 Å². The van der Waals surface area contributed by atoms with Crippen molar-refractivity contribution in [3.63, 3.8) is 0 Å². The third-order valence-electron chi connectivity index (χ3n) is 3.14. The van der Waals surface area contributed by atoms with E-state index in [4.69, 9.17) is 9.15 Å². The molecule has 0 unspecified atom stereocenters. The topological polar surface area (TPSA) is 88.9 Å². The summed E-state index contributed by atoms with van der Waals surface area (Å²) in [6.07, 6.45) is 2.65. The molecule has 2 aromatic rings. The molecule has 136 valence electrons. The Hall–Kier alpha value is -2.62. The molecule has 0 aliphatic heterocycles. The molecule has 1 N–H and O–H groups in total. The summed E-state index contributed by atoms with van der Waals surface area (Å²) in [6.45, 7) is -0.419. The summed E-state index contributed by atoms with van der Waals surface area (Å²) in [6, 6.07) is 9.90. The van der Waals surface area contributed by atoms with Gasteiger partial charge in [-0.1, -0.05) is 0 Å². The van der Waals surface area contributed by atoms with Gasteiger partial charge in [-0.3, -0.25) is 9.59 Å². The SMILES string of the molecule is CN(C)C(=O)c1ccc(NC(=O)COC(=O)/C=C/c2ccc(I)o2)cc1. The molecule has 0 aliphatic carbocycles. The van der Waals surface area contributed by atoms with Gasteiger partial charge in [0.25, 0.3) is 11.8 Å². The Morgan fingerprint density at radius 1 is 1.15 bits per heavy atom. The number of carbonyl (C=O) groups excluding carboxylic acids is 3. The van der Waals surface area contributed by atoms with Crippen LogP contribution >= 0.6 is 22.6 Å². The zero-order chi connectivity index (χ0) is 19.1. The Labute approximate surface area is 164 Å². The summed E-state index contributed by atoms with van der Waals surface area (Å²) < 4.78 is 10.8. The number of carbonyl (C=O) groups is 3. The molecule has 7 nitrogen and oxygen atoms in total. The molecule has 2 rings (SSSR count). The first-order valence-electron chi connectivity index (χ1n) is 7.57. The zero-order valence-electron chi connectivity index (χ0n) is 14.2. The van der Waals surface area contributed by atoms with Gasteiger partial charge in [0.05, 0.1) is 0 Å². The third kappa shape index (κ3) is 6.03. The van der Waals surface area contributed by atoms with Crippen LogP contribution in [-0.4, -0.2) is 43.4 Å². The van der Waals surface area contributed by atoms with Crippen molar-refractivity contribution >= 4 is 52.1 Å². The highest BCUT2D eigenvalue weighted by atomic mass is 127. The van der Waals surface area contributed by atoms with Crippen molar-refractivity contribution in [2.45, 2.75) is 0 Å². The van der Waals surface area contributed by atoms with Gasteiger partial charge in [0, 0.05) is 31.4 Å². The van der Waals surface area contributed by atoms with Crippen molar-refractivity contribution < 1.29 is 23.5 Å². The van der Waals surface area contributed by atoms with Crippen molar-refractivity contribution in [3.8, 4) is 0 Å². The molecule has 0 aliphatic rings. The largest absolute Gasteiger partial charge is 0.452 e. The number of benzene rings is 1. The van der Waals surface area contributed by atoms with E-state index in [1.165, 1.54) is 17.1 Å². The fourth-order valence-electron chi connectivity index (χ4n) is 1.90. The van der Waals surface area contributed by atoms with Crippen molar-refractivity contribution in [1.82, 2.24) is 4.90 Å². The van der Waals surface area contributed by atoms with Crippen LogP contribution in [0, 0.1) is 3.77 Å². The standard InChI is InChI=1S/C18H17IN2O5/c1-21(2)18(24)12-3-5-13(6-4-12)20-16(22)11-25-17(23)10-8-14-7-9-15(19)26-14/h3-10H,11H2,1-2H3,(H,20,22)/b10-8+. The molecule has 1 heterocycles. The smallest absolute Gasteiger partial charge is 0.331 e. The predicted molar refractivity (Wildman–Crippen MR) is 105 cm³/mol. The number of nitrogens with one attached hydrogen (secondary N) is 1. The second-order valence-corrected chi connectivity index (χ2v) is 6.47. The maximum Gasteiger partial charge on any atom is 0.331 e. The number of nitrogens with zero attached hydrogens (tertiary/aromatic N) is 1. The van der Waals surface area contributed by atoms with Crippen LogP contribution in [-0.2, 0) is 14.3 Å². The Bertz CT molecular complexity index is 824. The maximum atomic E-state index is 11.8. The molecule has 0 saturated heterocycles. The minimum absolute atomic E-state index is 0.130. The minimum atomic E-state index is -0.654. The molecule has 1 aromatic carbocycles. The van der Waals surface area contributed by atoms with Gasteiger partial charge in [-0.25, -0.2) is 4.79 Å². The molecule has 2 amide bonds. The van der Waals surface area contributed by atoms with Gasteiger partial charge < -0.3 is 19.4 Å². The van der Waals surface area contributed by atoms with Crippen LogP contribution in [0.15, 0.2) is 46.9 Å². The highest BCUT2D eigenvalue weighted by Crippen LogP contribution is 2.12. The van der Waals surface area contributed by atoms with Gasteiger partial charge in [0.15, 0.2) is 10.4 Å². The van der Waals surface area contributed by atoms with E-state index in [0.29, 0.717) is 20.8 Å². The van der Waals surface area contributed by atoms with Crippen LogP contribution in [0.25, 0.3) is 6.08 Å². The number of amides is 2. The Balaban J connectivity index is 1.80. The van der Waals surface area contributed by atoms with E-state index in [-0.39, 0.29) is 5.91 Å². The number of rotatable bonds is 6. The van der Waals surface area contributed by atoms with Crippen molar-refractivity contribution in [2.24, 2.45) is 0 Å². The van der Waals surface area contributed by atoms with Crippen molar-refractivity contribution in [2.75, 3.05) is 26.0 Å². The first-order chi connectivity index (χ1) is 12.3. The lowest BCUT2D eigenvalue weighted by Crippen LogP contribution is -2.22. The van der Waals surface area contributed by atoms with E-state index in [9.17, 15) is 14.4 Å². The van der Waals surface area contributed by atoms with E-state index in [2.05, 4.69) is 5.32 Å². The number of halogens is 1. The fourth-order valence-corrected chi connectivity index (χ4v) is 2.34. The number of anilines is 1. The average Bonchev–Trinajstić information content (AvgIpc) is 3.03. The number of hydrogen-bond donors (Lipinski definition) is 1. The summed E-state index contributed by atoms with van der Waals surface area (Å²) in [7, 11) is 3.32. The highest BCUT2D eigenvalue weighted by Gasteiger charge is 2.09. The second-order valence-electron chi connectivity index (χ2n) is 5.41. The van der Waals surface area contributed by atoms with E-state index in [1.807, 2.05) is 22.6 Å². The molecule has 8 heteroatoms. The van der Waals surface area contributed by atoms with Crippen LogP contribution < -0.4 is 5.32 Å². The predicted octanol–water partition coefficient (Wildman–Crippen LogP) is 2.78. The Morgan fingerprint density at radius 3 is 2.42 bits per heavy atom. The van der Waals surface area contributed by atoms with E-state index in [1.54, 1.807) is 50.5 Å². The lowest BCUT2D eigenvalue weighted by atomic mass is 10.2. The van der Waals surface area contributed by atoms with Crippen LogP contribution in [0.2, 0.25) is 0 Å². The molecule has 0 saturated carbocycles. The molecule has 1 aromatic heterocycles. The van der Waals surface area contributed by atoms with Gasteiger partial charge in [0.1, 0.15) is 5.76 Å². The van der Waals surface area contributed by atoms with Crippen molar-refractivity contribution in [1.29, 1.82) is 0 Å². The van der Waals surface area contributed by atoms with E-state index in [0.717, 1.165) is 0 Å². The first kappa shape index (κ1) is 19.7. The molecule has 26 heavy (non-hydrogen) atoms. The molecule has 0 bridgehead atoms. The summed E-state index contributed by atoms with van der Waals surface area (Å²) in [5, 5.41) is 2.59. The van der Waals surface area contributed by atoms with Gasteiger partial charge in [-0.15, -0.1) is 0 Å². The lowest BCUT2D eigenvalue weighted by molar-refractivity contribution is -0.142. The summed E-state index contributed by atoms with van der Waals surface area (Å²) in [4.78, 5) is 36.7. The number of esters is 1. The summed E-state index contributed by atoms with van der Waals surface area (Å²) >= 11 is 2.01. The summed E-state index contributed by atoms with van der Waals surface area (Å²) in [5.41, 5.74) is 1.01. The highest BCUT2D eigenvalue weighted by molar-refractivity contribution is 14.1. The van der Waals surface area contributed by atoms with Crippen LogP contribution in [0.1, 0.15) is 16.1 Å². The van der Waals surface area contributed by atoms with E-state index < -0.39 is 18.5 Å². The number of ether oxygens (including phenoxy) is 1. The maximum absolute atomic E-state index is 11.8. The van der Waals surface area contributed by atoms with Gasteiger partial charge in [-0.2, -0.15) is 0 Å². The quantitative estimate of drug-likeness (QED) is 0.400.